The molecule has 0 bridgehead atoms. The molecule has 0 amide bonds. The highest BCUT2D eigenvalue weighted by molar-refractivity contribution is 7.99. The van der Waals surface area contributed by atoms with E-state index in [1.54, 1.807) is 0 Å². The van der Waals surface area contributed by atoms with Gasteiger partial charge in [-0.05, 0) is 30.4 Å². The van der Waals surface area contributed by atoms with Crippen molar-refractivity contribution >= 4 is 23.4 Å². The first-order valence-electron chi connectivity index (χ1n) is 3.63. The number of halogens is 1. The molecule has 0 aromatic heterocycles. The van der Waals surface area contributed by atoms with E-state index < -0.39 is 0 Å². The normalized spacial score (nSPS) is 10.1. The van der Waals surface area contributed by atoms with Gasteiger partial charge in [0, 0.05) is 9.92 Å². The SMILES string of the molecule is CCSc1cc(Cl)ccc1C. The van der Waals surface area contributed by atoms with E-state index in [0.717, 1.165) is 10.8 Å². The molecule has 0 spiro atoms. The van der Waals surface area contributed by atoms with Gasteiger partial charge in [0.1, 0.15) is 0 Å². The summed E-state index contributed by atoms with van der Waals surface area (Å²) in [5.41, 5.74) is 1.31. The molecule has 0 heterocycles. The van der Waals surface area contributed by atoms with Crippen LogP contribution in [0.15, 0.2) is 23.1 Å². The molecule has 0 atom stereocenters. The van der Waals surface area contributed by atoms with Gasteiger partial charge >= 0.3 is 0 Å². The molecule has 0 N–H and O–H groups in total. The fraction of sp³-hybridized carbons (Fsp3) is 0.333. The minimum atomic E-state index is 0.826. The molecule has 11 heavy (non-hydrogen) atoms. The summed E-state index contributed by atoms with van der Waals surface area (Å²) < 4.78 is 0. The Labute approximate surface area is 77.0 Å². The van der Waals surface area contributed by atoms with Crippen molar-refractivity contribution in [3.05, 3.63) is 28.8 Å². The molecule has 0 aliphatic heterocycles. The Morgan fingerprint density at radius 2 is 2.18 bits per heavy atom. The first kappa shape index (κ1) is 8.95. The Morgan fingerprint density at radius 1 is 1.45 bits per heavy atom. The van der Waals surface area contributed by atoms with Gasteiger partial charge in [-0.15, -0.1) is 11.8 Å². The lowest BCUT2D eigenvalue weighted by Crippen LogP contribution is -1.79. The molecule has 0 fully saturated rings. The van der Waals surface area contributed by atoms with Gasteiger partial charge in [-0.3, -0.25) is 0 Å². The van der Waals surface area contributed by atoms with Crippen LogP contribution < -0.4 is 0 Å². The van der Waals surface area contributed by atoms with Crippen LogP contribution in [0.5, 0.6) is 0 Å². The van der Waals surface area contributed by atoms with E-state index in [1.165, 1.54) is 10.5 Å². The minimum Gasteiger partial charge on any atom is -0.126 e. The van der Waals surface area contributed by atoms with E-state index in [0.29, 0.717) is 0 Å². The van der Waals surface area contributed by atoms with E-state index in [9.17, 15) is 0 Å². The zero-order chi connectivity index (χ0) is 8.27. The summed E-state index contributed by atoms with van der Waals surface area (Å²) >= 11 is 7.67. The summed E-state index contributed by atoms with van der Waals surface area (Å²) in [6.07, 6.45) is 0. The van der Waals surface area contributed by atoms with Crippen LogP contribution in [-0.2, 0) is 0 Å². The van der Waals surface area contributed by atoms with Crippen molar-refractivity contribution in [3.8, 4) is 0 Å². The number of hydrogen-bond donors (Lipinski definition) is 0. The van der Waals surface area contributed by atoms with Crippen LogP contribution in [0, 0.1) is 6.92 Å². The smallest absolute Gasteiger partial charge is 0.0417 e. The molecule has 2 heteroatoms. The highest BCUT2D eigenvalue weighted by Crippen LogP contribution is 2.24. The summed E-state index contributed by atoms with van der Waals surface area (Å²) in [6.45, 7) is 4.25. The van der Waals surface area contributed by atoms with Crippen molar-refractivity contribution in [3.63, 3.8) is 0 Å². The number of benzene rings is 1. The largest absolute Gasteiger partial charge is 0.126 e. The second-order valence-corrected chi connectivity index (χ2v) is 4.09. The zero-order valence-corrected chi connectivity index (χ0v) is 8.30. The molecule has 0 aliphatic carbocycles. The molecule has 0 saturated heterocycles. The molecule has 0 saturated carbocycles. The Hall–Kier alpha value is -0.140. The molecule has 1 aromatic carbocycles. The quantitative estimate of drug-likeness (QED) is 0.634. The summed E-state index contributed by atoms with van der Waals surface area (Å²) in [5, 5.41) is 0.826. The highest BCUT2D eigenvalue weighted by atomic mass is 35.5. The Kier molecular flexibility index (Phi) is 3.28. The second-order valence-electron chi connectivity index (χ2n) is 2.34. The van der Waals surface area contributed by atoms with Crippen molar-refractivity contribution in [2.45, 2.75) is 18.7 Å². The van der Waals surface area contributed by atoms with Crippen molar-refractivity contribution in [1.82, 2.24) is 0 Å². The molecule has 1 rings (SSSR count). The Morgan fingerprint density at radius 3 is 2.82 bits per heavy atom. The maximum atomic E-state index is 5.84. The maximum Gasteiger partial charge on any atom is 0.0417 e. The molecular formula is C9H11ClS. The van der Waals surface area contributed by atoms with Gasteiger partial charge in [0.2, 0.25) is 0 Å². The molecule has 60 valence electrons. The van der Waals surface area contributed by atoms with Crippen molar-refractivity contribution < 1.29 is 0 Å². The van der Waals surface area contributed by atoms with Gasteiger partial charge in [0.05, 0.1) is 0 Å². The van der Waals surface area contributed by atoms with Gasteiger partial charge < -0.3 is 0 Å². The lowest BCUT2D eigenvalue weighted by molar-refractivity contribution is 1.30. The molecule has 0 nitrogen and oxygen atoms in total. The van der Waals surface area contributed by atoms with Crippen LogP contribution in [0.3, 0.4) is 0 Å². The standard InChI is InChI=1S/C9H11ClS/c1-3-11-9-6-8(10)5-4-7(9)2/h4-6H,3H2,1-2H3. The van der Waals surface area contributed by atoms with E-state index in [4.69, 9.17) is 11.6 Å². The maximum absolute atomic E-state index is 5.84. The lowest BCUT2D eigenvalue weighted by Gasteiger charge is -2.02. The summed E-state index contributed by atoms with van der Waals surface area (Å²) in [6, 6.07) is 6.00. The van der Waals surface area contributed by atoms with Crippen molar-refractivity contribution in [2.75, 3.05) is 5.75 Å². The fourth-order valence-corrected chi connectivity index (χ4v) is 1.94. The monoisotopic (exact) mass is 186 g/mol. The first-order chi connectivity index (χ1) is 5.24. The third-order valence-electron chi connectivity index (χ3n) is 1.45. The number of hydrogen-bond acceptors (Lipinski definition) is 1. The molecule has 0 aliphatic rings. The topological polar surface area (TPSA) is 0 Å². The number of aryl methyl sites for hydroxylation is 1. The minimum absolute atomic E-state index is 0.826. The predicted octanol–water partition coefficient (Wildman–Crippen LogP) is 3.76. The second kappa shape index (κ2) is 4.03. The van der Waals surface area contributed by atoms with Crippen LogP contribution in [0.1, 0.15) is 12.5 Å². The van der Waals surface area contributed by atoms with Gasteiger partial charge in [0.15, 0.2) is 0 Å². The van der Waals surface area contributed by atoms with Crippen LogP contribution in [-0.4, -0.2) is 5.75 Å². The average molecular weight is 187 g/mol. The number of rotatable bonds is 2. The molecule has 0 unspecified atom stereocenters. The van der Waals surface area contributed by atoms with E-state index in [1.807, 2.05) is 23.9 Å². The summed E-state index contributed by atoms with van der Waals surface area (Å²) in [7, 11) is 0. The third kappa shape index (κ3) is 2.42. The van der Waals surface area contributed by atoms with Crippen LogP contribution in [0.2, 0.25) is 5.02 Å². The van der Waals surface area contributed by atoms with Crippen molar-refractivity contribution in [1.29, 1.82) is 0 Å². The van der Waals surface area contributed by atoms with Crippen LogP contribution in [0.25, 0.3) is 0 Å². The lowest BCUT2D eigenvalue weighted by atomic mass is 10.2. The van der Waals surface area contributed by atoms with E-state index in [2.05, 4.69) is 19.9 Å². The van der Waals surface area contributed by atoms with Gasteiger partial charge in [0.25, 0.3) is 0 Å². The molecule has 1 aromatic rings. The molecular weight excluding hydrogens is 176 g/mol. The molecule has 0 radical (unpaired) electrons. The Balaban J connectivity index is 2.93. The number of thioether (sulfide) groups is 1. The third-order valence-corrected chi connectivity index (χ3v) is 2.72. The van der Waals surface area contributed by atoms with Gasteiger partial charge in [-0.1, -0.05) is 24.6 Å². The van der Waals surface area contributed by atoms with Crippen LogP contribution >= 0.6 is 23.4 Å². The summed E-state index contributed by atoms with van der Waals surface area (Å²) in [4.78, 5) is 1.29. The zero-order valence-electron chi connectivity index (χ0n) is 6.73. The van der Waals surface area contributed by atoms with E-state index in [-0.39, 0.29) is 0 Å². The Bertz CT molecular complexity index is 245. The van der Waals surface area contributed by atoms with E-state index >= 15 is 0 Å². The fourth-order valence-electron chi connectivity index (χ4n) is 0.885. The average Bonchev–Trinajstić information content (AvgIpc) is 1.98. The summed E-state index contributed by atoms with van der Waals surface area (Å²) in [5.74, 6) is 1.10. The van der Waals surface area contributed by atoms with Gasteiger partial charge in [-0.2, -0.15) is 0 Å². The van der Waals surface area contributed by atoms with Crippen LogP contribution in [0.4, 0.5) is 0 Å². The van der Waals surface area contributed by atoms with Gasteiger partial charge in [-0.25, -0.2) is 0 Å². The highest BCUT2D eigenvalue weighted by Gasteiger charge is 1.97. The predicted molar refractivity (Wildman–Crippen MR) is 52.6 cm³/mol. The first-order valence-corrected chi connectivity index (χ1v) is 4.99. The van der Waals surface area contributed by atoms with Crippen molar-refractivity contribution in [2.24, 2.45) is 0 Å².